The van der Waals surface area contributed by atoms with Crippen LogP contribution < -0.4 is 5.32 Å². The monoisotopic (exact) mass is 292 g/mol. The number of rotatable bonds is 4. The van der Waals surface area contributed by atoms with E-state index in [-0.39, 0.29) is 11.8 Å². The van der Waals surface area contributed by atoms with Crippen LogP contribution in [0.4, 0.5) is 14.9 Å². The third-order valence-electron chi connectivity index (χ3n) is 4.35. The molecule has 0 atom stereocenters. The van der Waals surface area contributed by atoms with E-state index in [1.54, 1.807) is 24.0 Å². The number of aryl methyl sites for hydroxylation is 1. The predicted octanol–water partition coefficient (Wildman–Crippen LogP) is 4.57. The quantitative estimate of drug-likeness (QED) is 0.866. The van der Waals surface area contributed by atoms with Crippen molar-refractivity contribution in [3.63, 3.8) is 0 Å². The van der Waals surface area contributed by atoms with Gasteiger partial charge in [-0.1, -0.05) is 32.1 Å². The number of anilines is 1. The topological polar surface area (TPSA) is 32.3 Å². The molecule has 0 bridgehead atoms. The van der Waals surface area contributed by atoms with Crippen molar-refractivity contribution in [1.82, 2.24) is 4.90 Å². The van der Waals surface area contributed by atoms with Crippen LogP contribution in [0.2, 0.25) is 0 Å². The predicted molar refractivity (Wildman–Crippen MR) is 84.0 cm³/mol. The van der Waals surface area contributed by atoms with E-state index in [1.807, 2.05) is 7.05 Å². The summed E-state index contributed by atoms with van der Waals surface area (Å²) < 4.78 is 13.2. The lowest BCUT2D eigenvalue weighted by molar-refractivity contribution is 0.215. The van der Waals surface area contributed by atoms with Gasteiger partial charge in [0.25, 0.3) is 0 Å². The van der Waals surface area contributed by atoms with E-state index < -0.39 is 0 Å². The molecule has 0 aliphatic heterocycles. The molecule has 1 aromatic carbocycles. The molecule has 1 aromatic rings. The summed E-state index contributed by atoms with van der Waals surface area (Å²) in [4.78, 5) is 13.8. The number of benzene rings is 1. The Kier molecular flexibility index (Phi) is 5.59. The molecule has 0 heterocycles. The van der Waals surface area contributed by atoms with Gasteiger partial charge in [0.2, 0.25) is 0 Å². The lowest BCUT2D eigenvalue weighted by Gasteiger charge is -2.24. The molecule has 0 radical (unpaired) electrons. The fourth-order valence-corrected chi connectivity index (χ4v) is 2.89. The van der Waals surface area contributed by atoms with E-state index in [0.717, 1.165) is 18.9 Å². The van der Waals surface area contributed by atoms with Crippen LogP contribution in [-0.2, 0) is 0 Å². The number of nitrogens with one attached hydrogen (secondary N) is 1. The summed E-state index contributed by atoms with van der Waals surface area (Å²) in [5.41, 5.74) is 1.18. The molecule has 1 fully saturated rings. The lowest BCUT2D eigenvalue weighted by atomic mass is 9.87. The number of carbonyl (C=O) groups excluding carboxylic acids is 1. The summed E-state index contributed by atoms with van der Waals surface area (Å²) in [6.45, 7) is 2.47. The van der Waals surface area contributed by atoms with Crippen LogP contribution in [0.25, 0.3) is 0 Å². The van der Waals surface area contributed by atoms with E-state index in [2.05, 4.69) is 5.32 Å². The zero-order valence-corrected chi connectivity index (χ0v) is 13.0. The molecule has 1 saturated carbocycles. The highest BCUT2D eigenvalue weighted by atomic mass is 19.1. The minimum absolute atomic E-state index is 0.128. The number of urea groups is 1. The number of amides is 2. The Labute approximate surface area is 126 Å². The summed E-state index contributed by atoms with van der Waals surface area (Å²) in [7, 11) is 1.81. The SMILES string of the molecule is Cc1cc(NC(=O)N(C)CCC2CCCCC2)ccc1F. The van der Waals surface area contributed by atoms with E-state index >= 15 is 0 Å². The van der Waals surface area contributed by atoms with Gasteiger partial charge in [0, 0.05) is 19.3 Å². The number of carbonyl (C=O) groups is 1. The van der Waals surface area contributed by atoms with Crippen LogP contribution in [0, 0.1) is 18.7 Å². The number of nitrogens with zero attached hydrogens (tertiary/aromatic N) is 1. The van der Waals surface area contributed by atoms with Crippen molar-refractivity contribution in [2.75, 3.05) is 18.9 Å². The molecule has 4 heteroatoms. The van der Waals surface area contributed by atoms with Crippen molar-refractivity contribution < 1.29 is 9.18 Å². The minimum atomic E-state index is -0.251. The molecule has 1 N–H and O–H groups in total. The number of hydrogen-bond donors (Lipinski definition) is 1. The van der Waals surface area contributed by atoms with Crippen LogP contribution in [0.1, 0.15) is 44.1 Å². The molecule has 1 aliphatic rings. The second-order valence-corrected chi connectivity index (χ2v) is 6.11. The normalized spacial score (nSPS) is 15.8. The van der Waals surface area contributed by atoms with Crippen LogP contribution >= 0.6 is 0 Å². The van der Waals surface area contributed by atoms with Gasteiger partial charge >= 0.3 is 6.03 Å². The van der Waals surface area contributed by atoms with Gasteiger partial charge in [-0.25, -0.2) is 9.18 Å². The highest BCUT2D eigenvalue weighted by Crippen LogP contribution is 2.26. The van der Waals surface area contributed by atoms with Crippen LogP contribution in [0.15, 0.2) is 18.2 Å². The van der Waals surface area contributed by atoms with Gasteiger partial charge in [-0.3, -0.25) is 0 Å². The van der Waals surface area contributed by atoms with Crippen molar-refractivity contribution in [2.24, 2.45) is 5.92 Å². The Morgan fingerprint density at radius 2 is 2.05 bits per heavy atom. The van der Waals surface area contributed by atoms with Gasteiger partial charge in [0.1, 0.15) is 5.82 Å². The Morgan fingerprint density at radius 1 is 1.33 bits per heavy atom. The Balaban J connectivity index is 1.80. The number of halogens is 1. The third-order valence-corrected chi connectivity index (χ3v) is 4.35. The molecule has 0 unspecified atom stereocenters. The Bertz CT molecular complexity index is 484. The van der Waals surface area contributed by atoms with Crippen LogP contribution in [-0.4, -0.2) is 24.5 Å². The largest absolute Gasteiger partial charge is 0.328 e. The molecule has 0 spiro atoms. The van der Waals surface area contributed by atoms with Crippen LogP contribution in [0.5, 0.6) is 0 Å². The standard InChI is InChI=1S/C17H25FN2O/c1-13-12-15(8-9-16(13)18)19-17(21)20(2)11-10-14-6-4-3-5-7-14/h8-9,12,14H,3-7,10-11H2,1-2H3,(H,19,21). The van der Waals surface area contributed by atoms with E-state index in [1.165, 1.54) is 38.2 Å². The molecular weight excluding hydrogens is 267 g/mol. The molecule has 1 aliphatic carbocycles. The van der Waals surface area contributed by atoms with Gasteiger partial charge in [0.05, 0.1) is 0 Å². The highest BCUT2D eigenvalue weighted by Gasteiger charge is 2.16. The molecule has 0 saturated heterocycles. The average molecular weight is 292 g/mol. The van der Waals surface area contributed by atoms with Crippen molar-refractivity contribution in [3.8, 4) is 0 Å². The summed E-state index contributed by atoms with van der Waals surface area (Å²) in [6.07, 6.45) is 7.69. The summed E-state index contributed by atoms with van der Waals surface area (Å²) in [5.74, 6) is 0.515. The van der Waals surface area contributed by atoms with Gasteiger partial charge in [-0.2, -0.15) is 0 Å². The molecule has 2 amide bonds. The zero-order chi connectivity index (χ0) is 15.2. The maximum absolute atomic E-state index is 13.2. The molecule has 3 nitrogen and oxygen atoms in total. The first-order chi connectivity index (χ1) is 10.1. The summed E-state index contributed by atoms with van der Waals surface area (Å²) >= 11 is 0. The number of hydrogen-bond acceptors (Lipinski definition) is 1. The van der Waals surface area contributed by atoms with Crippen LogP contribution in [0.3, 0.4) is 0 Å². The Hall–Kier alpha value is -1.58. The maximum atomic E-state index is 13.2. The zero-order valence-electron chi connectivity index (χ0n) is 13.0. The second kappa shape index (κ2) is 7.43. The second-order valence-electron chi connectivity index (χ2n) is 6.11. The molecule has 116 valence electrons. The van der Waals surface area contributed by atoms with Crippen molar-refractivity contribution in [1.29, 1.82) is 0 Å². The van der Waals surface area contributed by atoms with E-state index in [4.69, 9.17) is 0 Å². The van der Waals surface area contributed by atoms with Gasteiger partial charge < -0.3 is 10.2 Å². The van der Waals surface area contributed by atoms with Crippen molar-refractivity contribution >= 4 is 11.7 Å². The van der Waals surface area contributed by atoms with Crippen molar-refractivity contribution in [2.45, 2.75) is 45.4 Å². The fourth-order valence-electron chi connectivity index (χ4n) is 2.89. The first-order valence-electron chi connectivity index (χ1n) is 7.84. The van der Waals surface area contributed by atoms with Gasteiger partial charge in [-0.15, -0.1) is 0 Å². The highest BCUT2D eigenvalue weighted by molar-refractivity contribution is 5.89. The lowest BCUT2D eigenvalue weighted by Crippen LogP contribution is -2.33. The molecular formula is C17H25FN2O. The third kappa shape index (κ3) is 4.73. The van der Waals surface area contributed by atoms with E-state index in [9.17, 15) is 9.18 Å². The molecule has 2 rings (SSSR count). The molecule has 0 aromatic heterocycles. The summed E-state index contributed by atoms with van der Waals surface area (Å²) in [5, 5.41) is 2.82. The van der Waals surface area contributed by atoms with E-state index in [0.29, 0.717) is 11.3 Å². The van der Waals surface area contributed by atoms with Gasteiger partial charge in [-0.05, 0) is 43.0 Å². The fraction of sp³-hybridized carbons (Fsp3) is 0.588. The average Bonchev–Trinajstić information content (AvgIpc) is 2.49. The van der Waals surface area contributed by atoms with Gasteiger partial charge in [0.15, 0.2) is 0 Å². The minimum Gasteiger partial charge on any atom is -0.328 e. The maximum Gasteiger partial charge on any atom is 0.321 e. The summed E-state index contributed by atoms with van der Waals surface area (Å²) in [6, 6.07) is 4.50. The first kappa shape index (κ1) is 15.8. The Morgan fingerprint density at radius 3 is 2.71 bits per heavy atom. The molecule has 21 heavy (non-hydrogen) atoms. The van der Waals surface area contributed by atoms with Crippen molar-refractivity contribution in [3.05, 3.63) is 29.6 Å². The first-order valence-corrected chi connectivity index (χ1v) is 7.84. The smallest absolute Gasteiger partial charge is 0.321 e.